The number of aryl methyl sites for hydroxylation is 1. The number of hydrogen-bond donors (Lipinski definition) is 2. The predicted octanol–water partition coefficient (Wildman–Crippen LogP) is 2.83. The largest absolute Gasteiger partial charge is 0.504 e. The van der Waals surface area contributed by atoms with Gasteiger partial charge in [0.2, 0.25) is 5.75 Å². The van der Waals surface area contributed by atoms with E-state index >= 15 is 0 Å². The zero-order valence-corrected chi connectivity index (χ0v) is 13.9. The topological polar surface area (TPSA) is 127 Å². The first-order chi connectivity index (χ1) is 11.8. The molecule has 2 heterocycles. The summed E-state index contributed by atoms with van der Waals surface area (Å²) in [5.41, 5.74) is 0.885. The van der Waals surface area contributed by atoms with E-state index in [0.717, 1.165) is 11.8 Å². The fourth-order valence-corrected chi connectivity index (χ4v) is 2.66. The van der Waals surface area contributed by atoms with Gasteiger partial charge < -0.3 is 14.8 Å². The summed E-state index contributed by atoms with van der Waals surface area (Å²) in [5, 5.41) is 38.7. The molecule has 0 radical (unpaired) electrons. The van der Waals surface area contributed by atoms with E-state index in [1.807, 2.05) is 0 Å². The van der Waals surface area contributed by atoms with Gasteiger partial charge >= 0.3 is 5.69 Å². The molecule has 0 bridgehead atoms. The maximum atomic E-state index is 11.0. The van der Waals surface area contributed by atoms with Crippen molar-refractivity contribution < 1.29 is 15.1 Å². The van der Waals surface area contributed by atoms with Crippen LogP contribution in [0.3, 0.4) is 0 Å². The van der Waals surface area contributed by atoms with Gasteiger partial charge in [-0.3, -0.25) is 10.1 Å². The van der Waals surface area contributed by atoms with Crippen molar-refractivity contribution in [1.29, 1.82) is 0 Å². The minimum absolute atomic E-state index is 0.222. The van der Waals surface area contributed by atoms with Crippen molar-refractivity contribution in [2.24, 2.45) is 7.05 Å². The van der Waals surface area contributed by atoms with E-state index in [2.05, 4.69) is 15.2 Å². The Morgan fingerprint density at radius 3 is 2.52 bits per heavy atom. The second kappa shape index (κ2) is 6.02. The molecule has 10 heteroatoms. The summed E-state index contributed by atoms with van der Waals surface area (Å²) >= 11 is 6.15. The van der Waals surface area contributed by atoms with Gasteiger partial charge in [0, 0.05) is 24.4 Å². The number of phenolic OH excluding ortho intramolecular Hbond substituents is 2. The summed E-state index contributed by atoms with van der Waals surface area (Å²) in [5.74, 6) is -0.765. The summed E-state index contributed by atoms with van der Waals surface area (Å²) in [6.07, 6.45) is 0. The maximum Gasteiger partial charge on any atom is 0.315 e. The lowest BCUT2D eigenvalue weighted by atomic mass is 10.1. The molecule has 0 fully saturated rings. The highest BCUT2D eigenvalue weighted by atomic mass is 35.5. The molecule has 3 rings (SSSR count). The molecular weight excluding hydrogens is 350 g/mol. The molecule has 9 nitrogen and oxygen atoms in total. The molecule has 0 atom stereocenters. The molecule has 1 aromatic carbocycles. The van der Waals surface area contributed by atoms with Gasteiger partial charge in [-0.15, -0.1) is 10.2 Å². The standard InChI is InChI=1S/C15H12ClN5O4/c1-7-3-4-9(13(16)17-7)15-19-18-14(20(15)2)8-5-10(21(24)25)12(23)11(22)6-8/h3-6,22-23H,1-2H3. The Labute approximate surface area is 146 Å². The first-order valence-corrected chi connectivity index (χ1v) is 7.41. The van der Waals surface area contributed by atoms with Crippen LogP contribution in [0.4, 0.5) is 5.69 Å². The predicted molar refractivity (Wildman–Crippen MR) is 89.4 cm³/mol. The molecule has 128 valence electrons. The minimum Gasteiger partial charge on any atom is -0.504 e. The number of rotatable bonds is 3. The third-order valence-electron chi connectivity index (χ3n) is 3.63. The molecule has 2 aromatic heterocycles. The quantitative estimate of drug-likeness (QED) is 0.317. The molecule has 0 aliphatic heterocycles. The number of nitrogens with zero attached hydrogens (tertiary/aromatic N) is 5. The second-order valence-electron chi connectivity index (χ2n) is 5.32. The van der Waals surface area contributed by atoms with Crippen LogP contribution in [0.2, 0.25) is 5.15 Å². The molecule has 3 aromatic rings. The van der Waals surface area contributed by atoms with Gasteiger partial charge in [0.25, 0.3) is 0 Å². The normalized spacial score (nSPS) is 10.8. The van der Waals surface area contributed by atoms with Crippen molar-refractivity contribution in [2.45, 2.75) is 6.92 Å². The van der Waals surface area contributed by atoms with Crippen LogP contribution in [0.1, 0.15) is 5.69 Å². The Morgan fingerprint density at radius 2 is 1.88 bits per heavy atom. The van der Waals surface area contributed by atoms with E-state index in [-0.39, 0.29) is 16.5 Å². The number of phenols is 2. The molecule has 0 aliphatic rings. The van der Waals surface area contributed by atoms with Crippen molar-refractivity contribution in [2.75, 3.05) is 0 Å². The second-order valence-corrected chi connectivity index (χ2v) is 5.68. The lowest BCUT2D eigenvalue weighted by molar-refractivity contribution is -0.385. The zero-order chi connectivity index (χ0) is 18.3. The molecule has 0 saturated carbocycles. The van der Waals surface area contributed by atoms with Crippen LogP contribution in [-0.2, 0) is 7.05 Å². The zero-order valence-electron chi connectivity index (χ0n) is 13.1. The van der Waals surface area contributed by atoms with Crippen molar-refractivity contribution in [3.63, 3.8) is 0 Å². The first-order valence-electron chi connectivity index (χ1n) is 7.03. The van der Waals surface area contributed by atoms with Crippen LogP contribution >= 0.6 is 11.6 Å². The summed E-state index contributed by atoms with van der Waals surface area (Å²) in [6.45, 7) is 1.80. The highest BCUT2D eigenvalue weighted by Crippen LogP contribution is 2.39. The summed E-state index contributed by atoms with van der Waals surface area (Å²) in [6, 6.07) is 5.80. The molecular formula is C15H12ClN5O4. The Morgan fingerprint density at radius 1 is 1.20 bits per heavy atom. The Balaban J connectivity index is 2.15. The van der Waals surface area contributed by atoms with Crippen molar-refractivity contribution in [3.05, 3.63) is 45.2 Å². The average Bonchev–Trinajstić information content (AvgIpc) is 2.91. The van der Waals surface area contributed by atoms with E-state index in [4.69, 9.17) is 11.6 Å². The van der Waals surface area contributed by atoms with E-state index < -0.39 is 22.1 Å². The molecule has 0 unspecified atom stereocenters. The van der Waals surface area contributed by atoms with E-state index in [1.165, 1.54) is 6.07 Å². The Bertz CT molecular complexity index is 1000. The Hall–Kier alpha value is -3.20. The van der Waals surface area contributed by atoms with E-state index in [9.17, 15) is 20.3 Å². The fourth-order valence-electron chi connectivity index (χ4n) is 2.38. The number of aromatic nitrogens is 4. The van der Waals surface area contributed by atoms with E-state index in [0.29, 0.717) is 11.4 Å². The third kappa shape index (κ3) is 2.85. The van der Waals surface area contributed by atoms with Gasteiger partial charge in [-0.25, -0.2) is 4.98 Å². The number of nitro benzene ring substituents is 1. The smallest absolute Gasteiger partial charge is 0.315 e. The van der Waals surface area contributed by atoms with Crippen LogP contribution in [-0.4, -0.2) is 34.9 Å². The van der Waals surface area contributed by atoms with Gasteiger partial charge in [0.1, 0.15) is 5.15 Å². The van der Waals surface area contributed by atoms with Crippen molar-refractivity contribution >= 4 is 17.3 Å². The van der Waals surface area contributed by atoms with Crippen molar-refractivity contribution in [1.82, 2.24) is 19.7 Å². The fraction of sp³-hybridized carbons (Fsp3) is 0.133. The summed E-state index contributed by atoms with van der Waals surface area (Å²) in [7, 11) is 1.65. The van der Waals surface area contributed by atoms with Crippen LogP contribution in [0.15, 0.2) is 24.3 Å². The first kappa shape index (κ1) is 16.7. The number of halogens is 1. The van der Waals surface area contributed by atoms with E-state index in [1.54, 1.807) is 30.7 Å². The molecule has 0 saturated heterocycles. The van der Waals surface area contributed by atoms with Crippen LogP contribution in [0.5, 0.6) is 11.5 Å². The molecule has 25 heavy (non-hydrogen) atoms. The third-order valence-corrected chi connectivity index (χ3v) is 3.92. The Kier molecular flexibility index (Phi) is 4.01. The lowest BCUT2D eigenvalue weighted by Crippen LogP contribution is -1.98. The SMILES string of the molecule is Cc1ccc(-c2nnc(-c3cc(O)c(O)c([N+](=O)[O-])c3)n2C)c(Cl)n1. The molecule has 0 aliphatic carbocycles. The van der Waals surface area contributed by atoms with Gasteiger partial charge in [-0.05, 0) is 25.1 Å². The monoisotopic (exact) mass is 361 g/mol. The van der Waals surface area contributed by atoms with Crippen LogP contribution in [0, 0.1) is 17.0 Å². The lowest BCUT2D eigenvalue weighted by Gasteiger charge is -2.07. The highest BCUT2D eigenvalue weighted by molar-refractivity contribution is 6.32. The number of benzene rings is 1. The number of aromatic hydroxyl groups is 2. The van der Waals surface area contributed by atoms with Crippen molar-refractivity contribution in [3.8, 4) is 34.3 Å². The summed E-state index contributed by atoms with van der Waals surface area (Å²) < 4.78 is 1.56. The number of nitro groups is 1. The maximum absolute atomic E-state index is 11.0. The van der Waals surface area contributed by atoms with Crippen LogP contribution in [0.25, 0.3) is 22.8 Å². The average molecular weight is 362 g/mol. The number of hydrogen-bond acceptors (Lipinski definition) is 7. The summed E-state index contributed by atoms with van der Waals surface area (Å²) in [4.78, 5) is 14.4. The molecule has 0 amide bonds. The van der Waals surface area contributed by atoms with Gasteiger partial charge in [0.05, 0.1) is 10.5 Å². The van der Waals surface area contributed by atoms with Gasteiger partial charge in [-0.2, -0.15) is 0 Å². The van der Waals surface area contributed by atoms with Gasteiger partial charge in [-0.1, -0.05) is 11.6 Å². The number of pyridine rings is 1. The highest BCUT2D eigenvalue weighted by Gasteiger charge is 2.23. The molecule has 2 N–H and O–H groups in total. The molecule has 0 spiro atoms. The van der Waals surface area contributed by atoms with Gasteiger partial charge in [0.15, 0.2) is 17.4 Å². The minimum atomic E-state index is -0.804. The van der Waals surface area contributed by atoms with Crippen LogP contribution < -0.4 is 0 Å².